The molecule has 86 valence electrons. The third-order valence-electron chi connectivity index (χ3n) is 2.81. The predicted octanol–water partition coefficient (Wildman–Crippen LogP) is 2.06. The Morgan fingerprint density at radius 1 is 1.41 bits per heavy atom. The summed E-state index contributed by atoms with van der Waals surface area (Å²) in [6.07, 6.45) is 5.66. The largest absolute Gasteiger partial charge is 0.508 e. The normalized spacial score (nSPS) is 13.8. The summed E-state index contributed by atoms with van der Waals surface area (Å²) in [6, 6.07) is 5.09. The van der Waals surface area contributed by atoms with E-state index in [0.717, 1.165) is 22.7 Å². The molecule has 0 unspecified atom stereocenters. The highest BCUT2D eigenvalue weighted by molar-refractivity contribution is 5.83. The number of aromatic hydroxyl groups is 1. The van der Waals surface area contributed by atoms with Gasteiger partial charge < -0.3 is 14.4 Å². The van der Waals surface area contributed by atoms with Gasteiger partial charge in [-0.2, -0.15) is 0 Å². The van der Waals surface area contributed by atoms with Crippen molar-refractivity contribution in [1.82, 2.24) is 9.55 Å². The molecule has 1 aliphatic heterocycles. The number of rotatable bonds is 1. The minimum Gasteiger partial charge on any atom is -0.508 e. The fourth-order valence-corrected chi connectivity index (χ4v) is 1.97. The molecule has 0 aliphatic carbocycles. The molecule has 1 aliphatic rings. The van der Waals surface area contributed by atoms with Crippen molar-refractivity contribution in [3.05, 3.63) is 42.0 Å². The van der Waals surface area contributed by atoms with Crippen molar-refractivity contribution >= 4 is 11.6 Å². The lowest BCUT2D eigenvalue weighted by Crippen LogP contribution is -2.09. The van der Waals surface area contributed by atoms with Gasteiger partial charge in [-0.05, 0) is 24.3 Å². The number of aryl methyl sites for hydroxylation is 1. The number of imidazole rings is 1. The van der Waals surface area contributed by atoms with Crippen LogP contribution in [0.3, 0.4) is 0 Å². The molecule has 0 saturated heterocycles. The van der Waals surface area contributed by atoms with Crippen LogP contribution in [-0.2, 0) is 7.05 Å². The summed E-state index contributed by atoms with van der Waals surface area (Å²) in [4.78, 5) is 4.29. The second-order valence-electron chi connectivity index (χ2n) is 4.04. The number of hydrogen-bond donors (Lipinski definition) is 1. The number of aromatic nitrogens is 2. The van der Waals surface area contributed by atoms with Gasteiger partial charge >= 0.3 is 0 Å². The highest BCUT2D eigenvalue weighted by Gasteiger charge is 2.15. The van der Waals surface area contributed by atoms with Gasteiger partial charge in [0.2, 0.25) is 0 Å². The summed E-state index contributed by atoms with van der Waals surface area (Å²) in [5, 5.41) is 9.45. The molecule has 1 aromatic heterocycles. The first-order valence-corrected chi connectivity index (χ1v) is 5.38. The van der Waals surface area contributed by atoms with Crippen LogP contribution >= 0.6 is 0 Å². The highest BCUT2D eigenvalue weighted by atomic mass is 16.5. The first-order valence-electron chi connectivity index (χ1n) is 5.38. The van der Waals surface area contributed by atoms with Crippen LogP contribution in [0.15, 0.2) is 30.6 Å². The van der Waals surface area contributed by atoms with Crippen molar-refractivity contribution in [3.8, 4) is 11.5 Å². The quantitative estimate of drug-likeness (QED) is 0.812. The zero-order valence-corrected chi connectivity index (χ0v) is 9.42. The second kappa shape index (κ2) is 3.66. The Bertz CT molecular complexity index is 599. The molecular formula is C13H12N2O2. The van der Waals surface area contributed by atoms with E-state index in [1.165, 1.54) is 0 Å². The van der Waals surface area contributed by atoms with E-state index in [-0.39, 0.29) is 5.75 Å². The van der Waals surface area contributed by atoms with Crippen LogP contribution in [0.1, 0.15) is 11.4 Å². The second-order valence-corrected chi connectivity index (χ2v) is 4.04. The fraction of sp³-hybridized carbons (Fsp3) is 0.154. The maximum Gasteiger partial charge on any atom is 0.139 e. The number of fused-ring (bicyclic) bond motifs is 1. The SMILES string of the molecule is Cn1ccnc1C1=Cc2cc(O)ccc2OC1. The Labute approximate surface area is 98.8 Å². The fourth-order valence-electron chi connectivity index (χ4n) is 1.97. The Morgan fingerprint density at radius 2 is 2.29 bits per heavy atom. The first-order chi connectivity index (χ1) is 8.24. The number of benzene rings is 1. The van der Waals surface area contributed by atoms with Crippen molar-refractivity contribution in [3.63, 3.8) is 0 Å². The van der Waals surface area contributed by atoms with E-state index in [2.05, 4.69) is 4.98 Å². The summed E-state index contributed by atoms with van der Waals surface area (Å²) >= 11 is 0. The van der Waals surface area contributed by atoms with Gasteiger partial charge in [0.15, 0.2) is 0 Å². The Kier molecular flexibility index (Phi) is 2.14. The lowest BCUT2D eigenvalue weighted by Gasteiger charge is -2.17. The molecule has 0 bridgehead atoms. The lowest BCUT2D eigenvalue weighted by atomic mass is 10.1. The molecule has 3 rings (SSSR count). The van der Waals surface area contributed by atoms with Gasteiger partial charge in [-0.15, -0.1) is 0 Å². The van der Waals surface area contributed by atoms with E-state index in [9.17, 15) is 5.11 Å². The third-order valence-corrected chi connectivity index (χ3v) is 2.81. The van der Waals surface area contributed by atoms with Crippen LogP contribution in [0, 0.1) is 0 Å². The Balaban J connectivity index is 2.08. The predicted molar refractivity (Wildman–Crippen MR) is 64.7 cm³/mol. The van der Waals surface area contributed by atoms with Gasteiger partial charge in [-0.25, -0.2) is 4.98 Å². The molecule has 0 radical (unpaired) electrons. The van der Waals surface area contributed by atoms with E-state index < -0.39 is 0 Å². The highest BCUT2D eigenvalue weighted by Crippen LogP contribution is 2.32. The molecule has 0 fully saturated rings. The van der Waals surface area contributed by atoms with E-state index >= 15 is 0 Å². The molecule has 0 amide bonds. The molecule has 4 nitrogen and oxygen atoms in total. The molecule has 1 aromatic carbocycles. The summed E-state index contributed by atoms with van der Waals surface area (Å²) in [6.45, 7) is 0.503. The average molecular weight is 228 g/mol. The van der Waals surface area contributed by atoms with Crippen LogP contribution < -0.4 is 4.74 Å². The van der Waals surface area contributed by atoms with Crippen LogP contribution in [0.5, 0.6) is 11.5 Å². The van der Waals surface area contributed by atoms with Gasteiger partial charge in [0.1, 0.15) is 23.9 Å². The number of phenols is 1. The first kappa shape index (κ1) is 9.96. The summed E-state index contributed by atoms with van der Waals surface area (Å²) in [5.74, 6) is 1.92. The maximum absolute atomic E-state index is 9.45. The topological polar surface area (TPSA) is 47.3 Å². The minimum atomic E-state index is 0.240. The molecule has 0 atom stereocenters. The molecule has 0 spiro atoms. The van der Waals surface area contributed by atoms with Crippen LogP contribution in [-0.4, -0.2) is 21.3 Å². The zero-order chi connectivity index (χ0) is 11.8. The molecule has 0 saturated carbocycles. The number of hydrogen-bond acceptors (Lipinski definition) is 3. The molecule has 17 heavy (non-hydrogen) atoms. The van der Waals surface area contributed by atoms with Crippen molar-refractivity contribution in [2.75, 3.05) is 6.61 Å². The standard InChI is InChI=1S/C13H12N2O2/c1-15-5-4-14-13(15)10-6-9-7-11(16)2-3-12(9)17-8-10/h2-7,16H,8H2,1H3. The number of nitrogens with zero attached hydrogens (tertiary/aromatic N) is 2. The van der Waals surface area contributed by atoms with Crippen molar-refractivity contribution in [2.24, 2.45) is 7.05 Å². The Hall–Kier alpha value is -2.23. The van der Waals surface area contributed by atoms with Gasteiger partial charge in [-0.1, -0.05) is 0 Å². The van der Waals surface area contributed by atoms with Crippen LogP contribution in [0.4, 0.5) is 0 Å². The number of phenolic OH excluding ortho intramolecular Hbond substituents is 1. The average Bonchev–Trinajstić information content (AvgIpc) is 2.74. The molecule has 1 N–H and O–H groups in total. The minimum absolute atomic E-state index is 0.240. The summed E-state index contributed by atoms with van der Waals surface area (Å²) in [5.41, 5.74) is 1.89. The number of ether oxygens (including phenoxy) is 1. The monoisotopic (exact) mass is 228 g/mol. The van der Waals surface area contributed by atoms with Crippen molar-refractivity contribution in [2.45, 2.75) is 0 Å². The molecular weight excluding hydrogens is 216 g/mol. The maximum atomic E-state index is 9.45. The van der Waals surface area contributed by atoms with E-state index in [0.29, 0.717) is 6.61 Å². The smallest absolute Gasteiger partial charge is 0.139 e. The van der Waals surface area contributed by atoms with E-state index in [4.69, 9.17) is 4.74 Å². The van der Waals surface area contributed by atoms with Gasteiger partial charge in [0.05, 0.1) is 0 Å². The van der Waals surface area contributed by atoms with Gasteiger partial charge in [0, 0.05) is 30.6 Å². The van der Waals surface area contributed by atoms with Crippen LogP contribution in [0.25, 0.3) is 11.6 Å². The van der Waals surface area contributed by atoms with Crippen molar-refractivity contribution < 1.29 is 9.84 Å². The molecule has 4 heteroatoms. The van der Waals surface area contributed by atoms with Gasteiger partial charge in [-0.3, -0.25) is 0 Å². The molecule has 2 aromatic rings. The zero-order valence-electron chi connectivity index (χ0n) is 9.42. The molecule has 2 heterocycles. The summed E-state index contributed by atoms with van der Waals surface area (Å²) in [7, 11) is 1.95. The lowest BCUT2D eigenvalue weighted by molar-refractivity contribution is 0.363. The third kappa shape index (κ3) is 1.67. The van der Waals surface area contributed by atoms with E-state index in [1.54, 1.807) is 24.4 Å². The van der Waals surface area contributed by atoms with Gasteiger partial charge in [0.25, 0.3) is 0 Å². The summed E-state index contributed by atoms with van der Waals surface area (Å²) < 4.78 is 7.58. The van der Waals surface area contributed by atoms with E-state index in [1.807, 2.05) is 23.9 Å². The van der Waals surface area contributed by atoms with Crippen molar-refractivity contribution in [1.29, 1.82) is 0 Å². The Morgan fingerprint density at radius 3 is 3.06 bits per heavy atom. The van der Waals surface area contributed by atoms with Crippen LogP contribution in [0.2, 0.25) is 0 Å².